The van der Waals surface area contributed by atoms with Crippen molar-refractivity contribution in [1.29, 1.82) is 0 Å². The molecule has 15 heavy (non-hydrogen) atoms. The molecule has 0 heterocycles. The first-order valence-corrected chi connectivity index (χ1v) is 5.80. The standard InChI is InChI=1S/C10H10ClNOS2/c1-12(2)10(14)15-9(13)7-3-5-8(11)6-4-7/h3-6H,1-2H3. The van der Waals surface area contributed by atoms with Crippen molar-refractivity contribution in [2.45, 2.75) is 0 Å². The molecule has 0 spiro atoms. The highest BCUT2D eigenvalue weighted by atomic mass is 35.5. The first-order valence-electron chi connectivity index (χ1n) is 4.19. The number of thioether (sulfide) groups is 1. The highest BCUT2D eigenvalue weighted by Gasteiger charge is 2.10. The van der Waals surface area contributed by atoms with Gasteiger partial charge in [-0.25, -0.2) is 0 Å². The lowest BCUT2D eigenvalue weighted by Crippen LogP contribution is -2.17. The summed E-state index contributed by atoms with van der Waals surface area (Å²) >= 11 is 11.8. The maximum absolute atomic E-state index is 11.7. The van der Waals surface area contributed by atoms with E-state index in [2.05, 4.69) is 0 Å². The van der Waals surface area contributed by atoms with Gasteiger partial charge in [0.25, 0.3) is 0 Å². The molecule has 2 nitrogen and oxygen atoms in total. The van der Waals surface area contributed by atoms with Crippen LogP contribution in [0, 0.1) is 0 Å². The molecule has 0 fully saturated rings. The van der Waals surface area contributed by atoms with Crippen LogP contribution in [0.4, 0.5) is 0 Å². The molecule has 1 rings (SSSR count). The molecule has 0 aliphatic carbocycles. The van der Waals surface area contributed by atoms with E-state index in [-0.39, 0.29) is 5.12 Å². The summed E-state index contributed by atoms with van der Waals surface area (Å²) in [5.41, 5.74) is 0.605. The molecule has 0 saturated heterocycles. The zero-order valence-electron chi connectivity index (χ0n) is 8.36. The fourth-order valence-corrected chi connectivity index (χ4v) is 1.76. The van der Waals surface area contributed by atoms with E-state index in [0.717, 1.165) is 11.8 Å². The molecule has 0 unspecified atom stereocenters. The zero-order valence-corrected chi connectivity index (χ0v) is 10.7. The van der Waals surface area contributed by atoms with E-state index in [9.17, 15) is 4.79 Å². The smallest absolute Gasteiger partial charge is 0.226 e. The summed E-state index contributed by atoms with van der Waals surface area (Å²) in [5.74, 6) is 0. The molecule has 0 radical (unpaired) electrons. The first-order chi connectivity index (χ1) is 7.00. The molecule has 0 bridgehead atoms. The first kappa shape index (κ1) is 12.5. The van der Waals surface area contributed by atoms with E-state index in [1.165, 1.54) is 0 Å². The summed E-state index contributed by atoms with van der Waals surface area (Å²) < 4.78 is 0.551. The van der Waals surface area contributed by atoms with E-state index in [4.69, 9.17) is 23.8 Å². The van der Waals surface area contributed by atoms with Crippen LogP contribution in [0.1, 0.15) is 10.4 Å². The van der Waals surface area contributed by atoms with Gasteiger partial charge in [-0.2, -0.15) is 0 Å². The molecular formula is C10H10ClNOS2. The Balaban J connectivity index is 2.69. The Labute approximate surface area is 104 Å². The van der Waals surface area contributed by atoms with Crippen LogP contribution in [0.15, 0.2) is 24.3 Å². The number of benzene rings is 1. The van der Waals surface area contributed by atoms with Crippen LogP contribution in [0.5, 0.6) is 0 Å². The summed E-state index contributed by atoms with van der Waals surface area (Å²) in [6.07, 6.45) is 0. The second kappa shape index (κ2) is 5.49. The molecule has 0 atom stereocenters. The third-order valence-corrected chi connectivity index (χ3v) is 3.45. The zero-order chi connectivity index (χ0) is 11.4. The predicted molar refractivity (Wildman–Crippen MR) is 69.7 cm³/mol. The second-order valence-electron chi connectivity index (χ2n) is 3.06. The van der Waals surface area contributed by atoms with Gasteiger partial charge in [0.1, 0.15) is 4.32 Å². The summed E-state index contributed by atoms with van der Waals surface area (Å²) in [7, 11) is 3.62. The maximum atomic E-state index is 11.7. The predicted octanol–water partition coefficient (Wildman–Crippen LogP) is 3.06. The van der Waals surface area contributed by atoms with Crippen molar-refractivity contribution in [2.75, 3.05) is 14.1 Å². The van der Waals surface area contributed by atoms with Gasteiger partial charge in [0.2, 0.25) is 5.12 Å². The van der Waals surface area contributed by atoms with Gasteiger partial charge < -0.3 is 4.90 Å². The van der Waals surface area contributed by atoms with E-state index >= 15 is 0 Å². The lowest BCUT2D eigenvalue weighted by atomic mass is 10.2. The Morgan fingerprint density at radius 2 is 1.87 bits per heavy atom. The Hall–Kier alpha value is -0.580. The van der Waals surface area contributed by atoms with E-state index in [1.807, 2.05) is 14.1 Å². The van der Waals surface area contributed by atoms with Crippen LogP contribution in [-0.4, -0.2) is 28.4 Å². The van der Waals surface area contributed by atoms with E-state index < -0.39 is 0 Å². The quantitative estimate of drug-likeness (QED) is 0.722. The topological polar surface area (TPSA) is 20.3 Å². The summed E-state index contributed by atoms with van der Waals surface area (Å²) in [6.45, 7) is 0. The SMILES string of the molecule is CN(C)C(=S)SC(=O)c1ccc(Cl)cc1. The van der Waals surface area contributed by atoms with Crippen molar-refractivity contribution in [1.82, 2.24) is 4.90 Å². The number of hydrogen-bond donors (Lipinski definition) is 0. The fourth-order valence-electron chi connectivity index (χ4n) is 0.815. The highest BCUT2D eigenvalue weighted by Crippen LogP contribution is 2.17. The molecule has 0 aliphatic rings. The van der Waals surface area contributed by atoms with Crippen LogP contribution >= 0.6 is 35.6 Å². The Kier molecular flexibility index (Phi) is 4.57. The molecule has 0 N–H and O–H groups in total. The number of carbonyl (C=O) groups is 1. The fraction of sp³-hybridized carbons (Fsp3) is 0.200. The molecule has 0 saturated carbocycles. The molecular weight excluding hydrogens is 250 g/mol. The Morgan fingerprint density at radius 3 is 2.33 bits per heavy atom. The van der Waals surface area contributed by atoms with Gasteiger partial charge in [-0.05, 0) is 36.0 Å². The molecule has 80 valence electrons. The minimum atomic E-state index is -0.0645. The highest BCUT2D eigenvalue weighted by molar-refractivity contribution is 8.33. The third kappa shape index (κ3) is 3.81. The Bertz CT molecular complexity index is 376. The lowest BCUT2D eigenvalue weighted by Gasteiger charge is -2.11. The summed E-state index contributed by atoms with van der Waals surface area (Å²) in [4.78, 5) is 13.4. The third-order valence-electron chi connectivity index (χ3n) is 1.63. The maximum Gasteiger partial charge on any atom is 0.226 e. The lowest BCUT2D eigenvalue weighted by molar-refractivity contribution is 0.109. The van der Waals surface area contributed by atoms with Crippen LogP contribution in [-0.2, 0) is 0 Å². The number of thiocarbonyl (C=S) groups is 1. The molecule has 0 aromatic heterocycles. The van der Waals surface area contributed by atoms with E-state index in [1.54, 1.807) is 29.2 Å². The largest absolute Gasteiger partial charge is 0.363 e. The van der Waals surface area contributed by atoms with Gasteiger partial charge in [-0.1, -0.05) is 23.8 Å². The minimum Gasteiger partial charge on any atom is -0.363 e. The van der Waals surface area contributed by atoms with Crippen LogP contribution in [0.3, 0.4) is 0 Å². The van der Waals surface area contributed by atoms with Crippen molar-refractivity contribution in [2.24, 2.45) is 0 Å². The van der Waals surface area contributed by atoms with Crippen molar-refractivity contribution in [3.8, 4) is 0 Å². The molecule has 1 aromatic rings. The molecule has 1 aromatic carbocycles. The number of nitrogens with zero attached hydrogens (tertiary/aromatic N) is 1. The van der Waals surface area contributed by atoms with Crippen LogP contribution in [0.25, 0.3) is 0 Å². The molecule has 0 amide bonds. The van der Waals surface area contributed by atoms with Gasteiger partial charge in [0.15, 0.2) is 0 Å². The van der Waals surface area contributed by atoms with Gasteiger partial charge >= 0.3 is 0 Å². The van der Waals surface area contributed by atoms with Crippen molar-refractivity contribution < 1.29 is 4.79 Å². The average molecular weight is 260 g/mol. The number of hydrogen-bond acceptors (Lipinski definition) is 3. The van der Waals surface area contributed by atoms with Gasteiger partial charge in [0.05, 0.1) is 0 Å². The van der Waals surface area contributed by atoms with E-state index in [0.29, 0.717) is 14.9 Å². The number of rotatable bonds is 1. The van der Waals surface area contributed by atoms with Crippen LogP contribution in [0.2, 0.25) is 5.02 Å². The van der Waals surface area contributed by atoms with Gasteiger partial charge in [0, 0.05) is 24.7 Å². The summed E-state index contributed by atoms with van der Waals surface area (Å²) in [5, 5.41) is 0.553. The number of halogens is 1. The minimum absolute atomic E-state index is 0.0645. The second-order valence-corrected chi connectivity index (χ2v) is 5.10. The van der Waals surface area contributed by atoms with Crippen molar-refractivity contribution in [3.63, 3.8) is 0 Å². The van der Waals surface area contributed by atoms with Crippen molar-refractivity contribution in [3.05, 3.63) is 34.9 Å². The van der Waals surface area contributed by atoms with Crippen LogP contribution < -0.4 is 0 Å². The van der Waals surface area contributed by atoms with Gasteiger partial charge in [-0.15, -0.1) is 0 Å². The molecule has 5 heteroatoms. The monoisotopic (exact) mass is 259 g/mol. The van der Waals surface area contributed by atoms with Crippen molar-refractivity contribution >= 4 is 45.0 Å². The average Bonchev–Trinajstić information content (AvgIpc) is 2.18. The summed E-state index contributed by atoms with van der Waals surface area (Å²) in [6, 6.07) is 6.76. The number of carbonyl (C=O) groups excluding carboxylic acids is 1. The normalized spacial score (nSPS) is 9.80. The molecule has 0 aliphatic heterocycles. The Morgan fingerprint density at radius 1 is 1.33 bits per heavy atom. The van der Waals surface area contributed by atoms with Gasteiger partial charge in [-0.3, -0.25) is 4.79 Å².